The molecule has 120 valence electrons. The zero-order chi connectivity index (χ0) is 16.1. The normalized spacial score (nSPS) is 10.4. The summed E-state index contributed by atoms with van der Waals surface area (Å²) in [7, 11) is 0. The van der Waals surface area contributed by atoms with E-state index in [2.05, 4.69) is 6.92 Å². The molecule has 0 radical (unpaired) electrons. The summed E-state index contributed by atoms with van der Waals surface area (Å²) in [5.41, 5.74) is 0. The molecule has 4 heteroatoms. The molecule has 0 aromatic rings. The number of rotatable bonds is 14. The standard InChI is InChI=1S/C17H28O4/c1-3-4-5-6-7-15(19)10-11-17(21)13-12-16(20)9-8-14(2)18/h3-13H2,1-2H3. The van der Waals surface area contributed by atoms with Crippen molar-refractivity contribution in [1.29, 1.82) is 0 Å². The van der Waals surface area contributed by atoms with Gasteiger partial charge in [0.1, 0.15) is 23.1 Å². The van der Waals surface area contributed by atoms with Crippen molar-refractivity contribution in [1.82, 2.24) is 0 Å². The third-order valence-corrected chi connectivity index (χ3v) is 3.43. The number of carbonyl (C=O) groups is 4. The summed E-state index contributed by atoms with van der Waals surface area (Å²) in [6, 6.07) is 0. The van der Waals surface area contributed by atoms with Gasteiger partial charge in [0.05, 0.1) is 0 Å². The van der Waals surface area contributed by atoms with Crippen molar-refractivity contribution in [3.63, 3.8) is 0 Å². The Kier molecular flexibility index (Phi) is 11.6. The molecule has 0 saturated heterocycles. The van der Waals surface area contributed by atoms with E-state index >= 15 is 0 Å². The van der Waals surface area contributed by atoms with Crippen molar-refractivity contribution in [3.05, 3.63) is 0 Å². The van der Waals surface area contributed by atoms with Gasteiger partial charge in [-0.1, -0.05) is 26.2 Å². The van der Waals surface area contributed by atoms with E-state index in [0.29, 0.717) is 12.8 Å². The maximum Gasteiger partial charge on any atom is 0.133 e. The minimum absolute atomic E-state index is 0.0108. The Morgan fingerprint density at radius 3 is 1.43 bits per heavy atom. The molecule has 21 heavy (non-hydrogen) atoms. The van der Waals surface area contributed by atoms with Crippen LogP contribution in [-0.4, -0.2) is 23.1 Å². The molecule has 0 amide bonds. The van der Waals surface area contributed by atoms with Gasteiger partial charge in [-0.3, -0.25) is 14.4 Å². The lowest BCUT2D eigenvalue weighted by atomic mass is 10.0. The molecule has 0 heterocycles. The van der Waals surface area contributed by atoms with Gasteiger partial charge in [-0.25, -0.2) is 0 Å². The Bertz CT molecular complexity index is 358. The SMILES string of the molecule is CCCCCCC(=O)CCC(=O)CCC(=O)CCC(C)=O. The summed E-state index contributed by atoms with van der Waals surface area (Å²) in [5, 5.41) is 0. The van der Waals surface area contributed by atoms with Crippen molar-refractivity contribution in [2.45, 2.75) is 84.5 Å². The monoisotopic (exact) mass is 296 g/mol. The Morgan fingerprint density at radius 2 is 1.00 bits per heavy atom. The van der Waals surface area contributed by atoms with E-state index in [1.54, 1.807) is 0 Å². The maximum absolute atomic E-state index is 11.6. The Morgan fingerprint density at radius 1 is 0.571 bits per heavy atom. The maximum atomic E-state index is 11.6. The summed E-state index contributed by atoms with van der Waals surface area (Å²) >= 11 is 0. The van der Waals surface area contributed by atoms with Crippen LogP contribution in [0, 0.1) is 0 Å². The van der Waals surface area contributed by atoms with Crippen LogP contribution >= 0.6 is 0 Å². The van der Waals surface area contributed by atoms with Crippen LogP contribution in [0.25, 0.3) is 0 Å². The van der Waals surface area contributed by atoms with Gasteiger partial charge in [0.25, 0.3) is 0 Å². The molecule has 0 aromatic carbocycles. The van der Waals surface area contributed by atoms with Crippen LogP contribution in [0.3, 0.4) is 0 Å². The number of ketones is 4. The van der Waals surface area contributed by atoms with Gasteiger partial charge >= 0.3 is 0 Å². The van der Waals surface area contributed by atoms with E-state index in [1.807, 2.05) is 0 Å². The highest BCUT2D eigenvalue weighted by atomic mass is 16.1. The fraction of sp³-hybridized carbons (Fsp3) is 0.765. The van der Waals surface area contributed by atoms with Crippen molar-refractivity contribution in [2.75, 3.05) is 0 Å². The molecular weight excluding hydrogens is 268 g/mol. The molecule has 0 N–H and O–H groups in total. The average Bonchev–Trinajstić information content (AvgIpc) is 2.45. The first-order chi connectivity index (χ1) is 9.95. The van der Waals surface area contributed by atoms with E-state index in [9.17, 15) is 19.2 Å². The van der Waals surface area contributed by atoms with Gasteiger partial charge in [0.2, 0.25) is 0 Å². The topological polar surface area (TPSA) is 68.3 Å². The van der Waals surface area contributed by atoms with Crippen molar-refractivity contribution >= 4 is 23.1 Å². The predicted molar refractivity (Wildman–Crippen MR) is 82.2 cm³/mol. The fourth-order valence-electron chi connectivity index (χ4n) is 2.00. The first kappa shape index (κ1) is 19.7. The van der Waals surface area contributed by atoms with Gasteiger partial charge in [0.15, 0.2) is 0 Å². The summed E-state index contributed by atoms with van der Waals surface area (Å²) in [6.45, 7) is 3.57. The Hall–Kier alpha value is -1.32. The number of hydrogen-bond donors (Lipinski definition) is 0. The lowest BCUT2D eigenvalue weighted by molar-refractivity contribution is -0.126. The third kappa shape index (κ3) is 13.4. The number of unbranched alkanes of at least 4 members (excludes halogenated alkanes) is 3. The molecule has 0 atom stereocenters. The molecule has 0 bridgehead atoms. The highest BCUT2D eigenvalue weighted by Gasteiger charge is 2.10. The van der Waals surface area contributed by atoms with Crippen LogP contribution in [0.5, 0.6) is 0 Å². The molecule has 0 spiro atoms. The first-order valence-electron chi connectivity index (χ1n) is 8.00. The highest BCUT2D eigenvalue weighted by molar-refractivity contribution is 5.90. The zero-order valence-corrected chi connectivity index (χ0v) is 13.4. The Balaban J connectivity index is 3.63. The number of Topliss-reactive ketones (excluding diaryl/α,β-unsaturated/α-hetero) is 4. The van der Waals surface area contributed by atoms with Crippen LogP contribution in [0.2, 0.25) is 0 Å². The third-order valence-electron chi connectivity index (χ3n) is 3.43. The van der Waals surface area contributed by atoms with Crippen LogP contribution in [0.1, 0.15) is 84.5 Å². The van der Waals surface area contributed by atoms with E-state index in [0.717, 1.165) is 25.7 Å². The lowest BCUT2D eigenvalue weighted by Crippen LogP contribution is -2.08. The summed E-state index contributed by atoms with van der Waals surface area (Å²) < 4.78 is 0. The van der Waals surface area contributed by atoms with Crippen LogP contribution in [0.15, 0.2) is 0 Å². The first-order valence-corrected chi connectivity index (χ1v) is 8.00. The average molecular weight is 296 g/mol. The second kappa shape index (κ2) is 12.4. The van der Waals surface area contributed by atoms with E-state index in [-0.39, 0.29) is 55.2 Å². The summed E-state index contributed by atoms with van der Waals surface area (Å²) in [6.07, 6.45) is 6.23. The molecule has 0 aromatic heterocycles. The molecule has 4 nitrogen and oxygen atoms in total. The van der Waals surface area contributed by atoms with Crippen LogP contribution in [0.4, 0.5) is 0 Å². The number of hydrogen-bond acceptors (Lipinski definition) is 4. The fourth-order valence-corrected chi connectivity index (χ4v) is 2.00. The van der Waals surface area contributed by atoms with Crippen LogP contribution in [-0.2, 0) is 19.2 Å². The van der Waals surface area contributed by atoms with Crippen molar-refractivity contribution in [2.24, 2.45) is 0 Å². The van der Waals surface area contributed by atoms with E-state index in [4.69, 9.17) is 0 Å². The Labute approximate surface area is 127 Å². The molecular formula is C17H28O4. The highest BCUT2D eigenvalue weighted by Crippen LogP contribution is 2.08. The minimum atomic E-state index is -0.0514. The van der Waals surface area contributed by atoms with Gasteiger partial charge in [-0.2, -0.15) is 0 Å². The summed E-state index contributed by atoms with van der Waals surface area (Å²) in [4.78, 5) is 45.3. The quantitative estimate of drug-likeness (QED) is 0.459. The summed E-state index contributed by atoms with van der Waals surface area (Å²) in [5.74, 6) is 0.0447. The van der Waals surface area contributed by atoms with Crippen molar-refractivity contribution < 1.29 is 19.2 Å². The van der Waals surface area contributed by atoms with Gasteiger partial charge in [-0.05, 0) is 13.3 Å². The minimum Gasteiger partial charge on any atom is -0.300 e. The van der Waals surface area contributed by atoms with E-state index < -0.39 is 0 Å². The second-order valence-corrected chi connectivity index (χ2v) is 5.63. The molecule has 0 aliphatic heterocycles. The van der Waals surface area contributed by atoms with Crippen LogP contribution < -0.4 is 0 Å². The molecule has 0 rings (SSSR count). The largest absolute Gasteiger partial charge is 0.300 e. The second-order valence-electron chi connectivity index (χ2n) is 5.63. The van der Waals surface area contributed by atoms with Gasteiger partial charge in [0, 0.05) is 44.9 Å². The van der Waals surface area contributed by atoms with E-state index in [1.165, 1.54) is 6.92 Å². The lowest BCUT2D eigenvalue weighted by Gasteiger charge is -2.02. The molecule has 0 saturated carbocycles. The smallest absolute Gasteiger partial charge is 0.133 e. The number of carbonyl (C=O) groups excluding carboxylic acids is 4. The molecule has 0 aliphatic rings. The van der Waals surface area contributed by atoms with Crippen molar-refractivity contribution in [3.8, 4) is 0 Å². The zero-order valence-electron chi connectivity index (χ0n) is 13.4. The van der Waals surface area contributed by atoms with Gasteiger partial charge in [-0.15, -0.1) is 0 Å². The molecule has 0 fully saturated rings. The molecule has 0 unspecified atom stereocenters. The van der Waals surface area contributed by atoms with Gasteiger partial charge < -0.3 is 4.79 Å². The predicted octanol–water partition coefficient (Wildman–Crippen LogP) is 3.59. The molecule has 0 aliphatic carbocycles.